The first-order valence-corrected chi connectivity index (χ1v) is 6.66. The summed E-state index contributed by atoms with van der Waals surface area (Å²) in [5.74, 6) is 0.247. The van der Waals surface area contributed by atoms with Crippen LogP contribution in [0.5, 0.6) is 0 Å². The summed E-state index contributed by atoms with van der Waals surface area (Å²) in [7, 11) is 0. The fraction of sp³-hybridized carbons (Fsp3) is 0.500. The number of likely N-dealkylation sites (tertiary alicyclic amines) is 1. The van der Waals surface area contributed by atoms with Gasteiger partial charge < -0.3 is 15.5 Å². The fourth-order valence-corrected chi connectivity index (χ4v) is 2.72. The average Bonchev–Trinajstić information content (AvgIpc) is 2.28. The summed E-state index contributed by atoms with van der Waals surface area (Å²) in [5.41, 5.74) is 9.22. The molecule has 96 valence electrons. The predicted molar refractivity (Wildman–Crippen MR) is 72.6 cm³/mol. The van der Waals surface area contributed by atoms with Crippen molar-refractivity contribution in [2.45, 2.75) is 19.3 Å². The third-order valence-corrected chi connectivity index (χ3v) is 3.92. The van der Waals surface area contributed by atoms with Crippen molar-refractivity contribution < 1.29 is 4.79 Å². The number of benzene rings is 1. The van der Waals surface area contributed by atoms with Gasteiger partial charge in [0.05, 0.1) is 6.54 Å². The van der Waals surface area contributed by atoms with Crippen molar-refractivity contribution in [2.75, 3.05) is 36.8 Å². The number of fused-ring (bicyclic) bond motifs is 1. The molecular weight excluding hydrogens is 226 g/mol. The Hall–Kier alpha value is -1.71. The second-order valence-electron chi connectivity index (χ2n) is 5.10. The van der Waals surface area contributed by atoms with E-state index in [1.807, 2.05) is 17.0 Å². The van der Waals surface area contributed by atoms with Crippen LogP contribution in [0.15, 0.2) is 18.2 Å². The molecule has 1 fully saturated rings. The smallest absolute Gasteiger partial charge is 0.242 e. The average molecular weight is 245 g/mol. The zero-order valence-corrected chi connectivity index (χ0v) is 10.6. The van der Waals surface area contributed by atoms with Crippen molar-refractivity contribution in [3.8, 4) is 0 Å². The molecule has 18 heavy (non-hydrogen) atoms. The lowest BCUT2D eigenvalue weighted by Gasteiger charge is -2.36. The Morgan fingerprint density at radius 2 is 2.06 bits per heavy atom. The van der Waals surface area contributed by atoms with Crippen molar-refractivity contribution in [1.29, 1.82) is 0 Å². The molecule has 1 amide bonds. The van der Waals surface area contributed by atoms with Gasteiger partial charge in [0.15, 0.2) is 0 Å². The van der Waals surface area contributed by atoms with E-state index in [9.17, 15) is 4.79 Å². The summed E-state index contributed by atoms with van der Waals surface area (Å²) in [5, 5.41) is 0. The van der Waals surface area contributed by atoms with Crippen molar-refractivity contribution in [1.82, 2.24) is 4.90 Å². The van der Waals surface area contributed by atoms with E-state index >= 15 is 0 Å². The molecule has 4 nitrogen and oxygen atoms in total. The van der Waals surface area contributed by atoms with E-state index in [-0.39, 0.29) is 5.91 Å². The molecule has 2 heterocycles. The predicted octanol–water partition coefficient (Wildman–Crippen LogP) is 1.25. The molecular formula is C14H19N3O. The van der Waals surface area contributed by atoms with Gasteiger partial charge in [0, 0.05) is 31.0 Å². The van der Waals surface area contributed by atoms with E-state index in [4.69, 9.17) is 5.73 Å². The van der Waals surface area contributed by atoms with Crippen LogP contribution in [0.3, 0.4) is 0 Å². The van der Waals surface area contributed by atoms with Gasteiger partial charge in [-0.15, -0.1) is 0 Å². The molecule has 2 N–H and O–H groups in total. The first kappa shape index (κ1) is 11.4. The summed E-state index contributed by atoms with van der Waals surface area (Å²) < 4.78 is 0. The molecule has 0 spiro atoms. The van der Waals surface area contributed by atoms with Gasteiger partial charge in [0.25, 0.3) is 0 Å². The molecule has 0 bridgehead atoms. The molecule has 0 atom stereocenters. The van der Waals surface area contributed by atoms with Crippen LogP contribution >= 0.6 is 0 Å². The SMILES string of the molecule is Nc1cccc2c1CCCN2CC(=O)N1CCC1. The molecule has 0 aliphatic carbocycles. The van der Waals surface area contributed by atoms with Crippen molar-refractivity contribution in [2.24, 2.45) is 0 Å². The topological polar surface area (TPSA) is 49.6 Å². The van der Waals surface area contributed by atoms with E-state index in [1.54, 1.807) is 0 Å². The summed E-state index contributed by atoms with van der Waals surface area (Å²) in [6, 6.07) is 5.99. The highest BCUT2D eigenvalue weighted by molar-refractivity contribution is 5.83. The van der Waals surface area contributed by atoms with Gasteiger partial charge in [-0.2, -0.15) is 0 Å². The van der Waals surface area contributed by atoms with E-state index in [0.29, 0.717) is 6.54 Å². The van der Waals surface area contributed by atoms with E-state index in [1.165, 1.54) is 5.56 Å². The van der Waals surface area contributed by atoms with Gasteiger partial charge in [-0.3, -0.25) is 4.79 Å². The van der Waals surface area contributed by atoms with Crippen molar-refractivity contribution in [3.63, 3.8) is 0 Å². The van der Waals surface area contributed by atoms with Crippen LogP contribution < -0.4 is 10.6 Å². The quantitative estimate of drug-likeness (QED) is 0.798. The Morgan fingerprint density at radius 3 is 2.78 bits per heavy atom. The minimum absolute atomic E-state index is 0.247. The van der Waals surface area contributed by atoms with Crippen LogP contribution in [-0.4, -0.2) is 37.0 Å². The molecule has 3 rings (SSSR count). The zero-order valence-electron chi connectivity index (χ0n) is 10.6. The maximum atomic E-state index is 12.0. The summed E-state index contributed by atoms with van der Waals surface area (Å²) in [6.07, 6.45) is 3.25. The molecule has 0 aromatic heterocycles. The van der Waals surface area contributed by atoms with Gasteiger partial charge in [-0.1, -0.05) is 6.07 Å². The van der Waals surface area contributed by atoms with E-state index < -0.39 is 0 Å². The lowest BCUT2D eigenvalue weighted by Crippen LogP contribution is -2.48. The minimum atomic E-state index is 0.247. The maximum Gasteiger partial charge on any atom is 0.242 e. The first-order valence-electron chi connectivity index (χ1n) is 6.66. The standard InChI is InChI=1S/C14H19N3O/c15-12-5-1-6-13-11(12)4-2-7-17(13)10-14(18)16-8-3-9-16/h1,5-6H,2-4,7-10,15H2. The molecule has 1 aromatic carbocycles. The molecule has 4 heteroatoms. The van der Waals surface area contributed by atoms with E-state index in [2.05, 4.69) is 11.0 Å². The number of carbonyl (C=O) groups excluding carboxylic acids is 1. The van der Waals surface area contributed by atoms with Gasteiger partial charge in [-0.25, -0.2) is 0 Å². The molecule has 2 aliphatic heterocycles. The van der Waals surface area contributed by atoms with E-state index in [0.717, 1.165) is 50.3 Å². The van der Waals surface area contributed by atoms with Crippen LogP contribution in [0.2, 0.25) is 0 Å². The zero-order chi connectivity index (χ0) is 12.5. The Kier molecular flexibility index (Phi) is 2.86. The highest BCUT2D eigenvalue weighted by Crippen LogP contribution is 2.31. The van der Waals surface area contributed by atoms with Crippen molar-refractivity contribution in [3.05, 3.63) is 23.8 Å². The molecule has 1 saturated heterocycles. The number of carbonyl (C=O) groups is 1. The number of hydrogen-bond acceptors (Lipinski definition) is 3. The number of nitrogens with zero attached hydrogens (tertiary/aromatic N) is 2. The minimum Gasteiger partial charge on any atom is -0.398 e. The Morgan fingerprint density at radius 1 is 1.22 bits per heavy atom. The maximum absolute atomic E-state index is 12.0. The highest BCUT2D eigenvalue weighted by atomic mass is 16.2. The Bertz CT molecular complexity index is 468. The molecule has 2 aliphatic rings. The summed E-state index contributed by atoms with van der Waals surface area (Å²) >= 11 is 0. The Balaban J connectivity index is 1.78. The second-order valence-corrected chi connectivity index (χ2v) is 5.10. The number of anilines is 2. The first-order chi connectivity index (χ1) is 8.75. The monoisotopic (exact) mass is 245 g/mol. The lowest BCUT2D eigenvalue weighted by atomic mass is 10.00. The molecule has 0 saturated carbocycles. The van der Waals surface area contributed by atoms with Gasteiger partial charge in [-0.05, 0) is 37.0 Å². The Labute approximate surface area is 107 Å². The van der Waals surface area contributed by atoms with Gasteiger partial charge in [0.1, 0.15) is 0 Å². The van der Waals surface area contributed by atoms with Crippen molar-refractivity contribution >= 4 is 17.3 Å². The van der Waals surface area contributed by atoms with Gasteiger partial charge in [0.2, 0.25) is 5.91 Å². The number of nitrogen functional groups attached to an aromatic ring is 1. The van der Waals surface area contributed by atoms with Gasteiger partial charge >= 0.3 is 0 Å². The number of amides is 1. The molecule has 0 radical (unpaired) electrons. The summed E-state index contributed by atoms with van der Waals surface area (Å²) in [6.45, 7) is 3.30. The number of rotatable bonds is 2. The van der Waals surface area contributed by atoms with Crippen LogP contribution in [0.25, 0.3) is 0 Å². The van der Waals surface area contributed by atoms with Crippen LogP contribution in [0.1, 0.15) is 18.4 Å². The highest BCUT2D eigenvalue weighted by Gasteiger charge is 2.25. The molecule has 0 unspecified atom stereocenters. The second kappa shape index (κ2) is 4.52. The van der Waals surface area contributed by atoms with Crippen LogP contribution in [0, 0.1) is 0 Å². The third-order valence-electron chi connectivity index (χ3n) is 3.92. The van der Waals surface area contributed by atoms with Crippen LogP contribution in [0.4, 0.5) is 11.4 Å². The molecule has 1 aromatic rings. The number of hydrogen-bond donors (Lipinski definition) is 1. The largest absolute Gasteiger partial charge is 0.398 e. The van der Waals surface area contributed by atoms with Crippen LogP contribution in [-0.2, 0) is 11.2 Å². The lowest BCUT2D eigenvalue weighted by molar-refractivity contribution is -0.133. The summed E-state index contributed by atoms with van der Waals surface area (Å²) in [4.78, 5) is 16.1. The third kappa shape index (κ3) is 1.92. The normalized spacial score (nSPS) is 18.2. The fourth-order valence-electron chi connectivity index (χ4n) is 2.72. The number of nitrogens with two attached hydrogens (primary N) is 1.